The predicted molar refractivity (Wildman–Crippen MR) is 76.9 cm³/mol. The summed E-state index contributed by atoms with van der Waals surface area (Å²) < 4.78 is 1.82. The standard InChI is InChI=1S/C14H23N5O2/c1-10-4-7-18(13(10)9-20)14(21)12-8-19(17-16-12)11-2-5-15-6-3-11/h8,10-11,13,15,20H,2-7,9H2,1H3. The number of aromatic nitrogens is 3. The second-order valence-electron chi connectivity index (χ2n) is 6.08. The Morgan fingerprint density at radius 3 is 2.90 bits per heavy atom. The molecule has 0 radical (unpaired) electrons. The van der Waals surface area contributed by atoms with Gasteiger partial charge in [-0.2, -0.15) is 0 Å². The van der Waals surface area contributed by atoms with Crippen molar-refractivity contribution in [3.8, 4) is 0 Å². The highest BCUT2D eigenvalue weighted by Crippen LogP contribution is 2.25. The highest BCUT2D eigenvalue weighted by Gasteiger charge is 2.35. The predicted octanol–water partition coefficient (Wildman–Crippen LogP) is 0.0455. The lowest BCUT2D eigenvalue weighted by Gasteiger charge is -2.24. The van der Waals surface area contributed by atoms with E-state index < -0.39 is 0 Å². The normalized spacial score (nSPS) is 27.2. The van der Waals surface area contributed by atoms with E-state index in [2.05, 4.69) is 22.6 Å². The van der Waals surface area contributed by atoms with Crippen LogP contribution in [0, 0.1) is 5.92 Å². The average molecular weight is 293 g/mol. The van der Waals surface area contributed by atoms with Crippen molar-refractivity contribution in [2.75, 3.05) is 26.2 Å². The van der Waals surface area contributed by atoms with Crippen LogP contribution in [0.15, 0.2) is 6.20 Å². The molecule has 1 aromatic rings. The molecule has 0 aromatic carbocycles. The van der Waals surface area contributed by atoms with Crippen LogP contribution in [-0.4, -0.2) is 63.2 Å². The molecule has 7 heteroatoms. The monoisotopic (exact) mass is 293 g/mol. The summed E-state index contributed by atoms with van der Waals surface area (Å²) in [5.41, 5.74) is 0.390. The molecule has 2 N–H and O–H groups in total. The molecule has 2 fully saturated rings. The molecule has 2 atom stereocenters. The summed E-state index contributed by atoms with van der Waals surface area (Å²) in [6, 6.07) is 0.230. The molecule has 0 saturated carbocycles. The molecule has 1 aromatic heterocycles. The van der Waals surface area contributed by atoms with E-state index in [4.69, 9.17) is 0 Å². The zero-order chi connectivity index (χ0) is 14.8. The van der Waals surface area contributed by atoms with Crippen LogP contribution in [-0.2, 0) is 0 Å². The van der Waals surface area contributed by atoms with Crippen molar-refractivity contribution in [3.05, 3.63) is 11.9 Å². The van der Waals surface area contributed by atoms with Crippen LogP contribution < -0.4 is 5.32 Å². The number of aliphatic hydroxyl groups is 1. The third kappa shape index (κ3) is 2.80. The molecule has 2 aliphatic rings. The number of nitrogens with one attached hydrogen (secondary N) is 1. The van der Waals surface area contributed by atoms with E-state index in [-0.39, 0.29) is 18.6 Å². The fourth-order valence-electron chi connectivity index (χ4n) is 3.31. The second kappa shape index (κ2) is 6.11. The Balaban J connectivity index is 1.72. The van der Waals surface area contributed by atoms with Gasteiger partial charge >= 0.3 is 0 Å². The number of aliphatic hydroxyl groups excluding tert-OH is 1. The summed E-state index contributed by atoms with van der Waals surface area (Å²) in [7, 11) is 0. The molecular weight excluding hydrogens is 270 g/mol. The average Bonchev–Trinajstić information content (AvgIpc) is 3.14. The summed E-state index contributed by atoms with van der Waals surface area (Å²) in [4.78, 5) is 14.3. The van der Waals surface area contributed by atoms with E-state index in [1.165, 1.54) is 0 Å². The lowest BCUT2D eigenvalue weighted by Crippen LogP contribution is -2.40. The van der Waals surface area contributed by atoms with Crippen molar-refractivity contribution in [3.63, 3.8) is 0 Å². The summed E-state index contributed by atoms with van der Waals surface area (Å²) in [5, 5.41) is 21.0. The lowest BCUT2D eigenvalue weighted by atomic mass is 10.0. The number of hydrogen-bond donors (Lipinski definition) is 2. The Hall–Kier alpha value is -1.47. The van der Waals surface area contributed by atoms with Crippen LogP contribution in [0.25, 0.3) is 0 Å². The maximum atomic E-state index is 12.5. The minimum Gasteiger partial charge on any atom is -0.394 e. The minimum absolute atomic E-state index is 0.00926. The van der Waals surface area contributed by atoms with Crippen molar-refractivity contribution in [2.24, 2.45) is 5.92 Å². The van der Waals surface area contributed by atoms with Crippen molar-refractivity contribution >= 4 is 5.91 Å². The molecule has 21 heavy (non-hydrogen) atoms. The third-order valence-electron chi connectivity index (χ3n) is 4.74. The Kier molecular flexibility index (Phi) is 4.21. The van der Waals surface area contributed by atoms with Gasteiger partial charge in [0.05, 0.1) is 24.9 Å². The van der Waals surface area contributed by atoms with Crippen LogP contribution in [0.1, 0.15) is 42.7 Å². The quantitative estimate of drug-likeness (QED) is 0.822. The number of carbonyl (C=O) groups is 1. The van der Waals surface area contributed by atoms with Gasteiger partial charge in [0.1, 0.15) is 0 Å². The van der Waals surface area contributed by atoms with Gasteiger partial charge < -0.3 is 15.3 Å². The molecule has 116 valence electrons. The zero-order valence-electron chi connectivity index (χ0n) is 12.4. The van der Waals surface area contributed by atoms with Crippen LogP contribution >= 0.6 is 0 Å². The van der Waals surface area contributed by atoms with Gasteiger partial charge in [0.2, 0.25) is 0 Å². The van der Waals surface area contributed by atoms with Gasteiger partial charge in [-0.15, -0.1) is 5.10 Å². The summed E-state index contributed by atoms with van der Waals surface area (Å²) in [5.74, 6) is 0.219. The zero-order valence-corrected chi connectivity index (χ0v) is 12.4. The van der Waals surface area contributed by atoms with Gasteiger partial charge in [-0.1, -0.05) is 12.1 Å². The first-order valence-electron chi connectivity index (χ1n) is 7.75. The number of likely N-dealkylation sites (tertiary alicyclic amines) is 1. The van der Waals surface area contributed by atoms with Crippen molar-refractivity contribution in [1.29, 1.82) is 0 Å². The first kappa shape index (κ1) is 14.5. The summed E-state index contributed by atoms with van der Waals surface area (Å²) >= 11 is 0. The second-order valence-corrected chi connectivity index (χ2v) is 6.08. The first-order chi connectivity index (χ1) is 10.2. The SMILES string of the molecule is CC1CCN(C(=O)c2cn(C3CCNCC3)nn2)C1CO. The number of piperidine rings is 1. The molecule has 2 aliphatic heterocycles. The van der Waals surface area contributed by atoms with Gasteiger partial charge in [-0.25, -0.2) is 4.68 Å². The van der Waals surface area contributed by atoms with Gasteiger partial charge in [0.25, 0.3) is 5.91 Å². The molecule has 0 bridgehead atoms. The van der Waals surface area contributed by atoms with Crippen molar-refractivity contribution < 1.29 is 9.90 Å². The topological polar surface area (TPSA) is 83.3 Å². The van der Waals surface area contributed by atoms with Crippen molar-refractivity contribution in [1.82, 2.24) is 25.2 Å². The van der Waals surface area contributed by atoms with Gasteiger partial charge in [0, 0.05) is 6.54 Å². The summed E-state index contributed by atoms with van der Waals surface area (Å²) in [6.07, 6.45) is 4.71. The van der Waals surface area contributed by atoms with Crippen LogP contribution in [0.4, 0.5) is 0 Å². The van der Waals surface area contributed by atoms with E-state index in [9.17, 15) is 9.90 Å². The Labute approximate surface area is 124 Å². The van der Waals surface area contributed by atoms with Gasteiger partial charge in [-0.3, -0.25) is 4.79 Å². The Morgan fingerprint density at radius 2 is 2.19 bits per heavy atom. The van der Waals surface area contributed by atoms with E-state index in [1.54, 1.807) is 11.1 Å². The van der Waals surface area contributed by atoms with Gasteiger partial charge in [0.15, 0.2) is 5.69 Å². The van der Waals surface area contributed by atoms with E-state index in [1.807, 2.05) is 4.68 Å². The van der Waals surface area contributed by atoms with Crippen molar-refractivity contribution in [2.45, 2.75) is 38.3 Å². The van der Waals surface area contributed by atoms with Crippen LogP contribution in [0.2, 0.25) is 0 Å². The minimum atomic E-state index is -0.112. The number of nitrogens with zero attached hydrogens (tertiary/aromatic N) is 4. The largest absolute Gasteiger partial charge is 0.394 e. The van der Waals surface area contributed by atoms with Crippen LogP contribution in [0.3, 0.4) is 0 Å². The van der Waals surface area contributed by atoms with Gasteiger partial charge in [-0.05, 0) is 38.3 Å². The molecule has 0 spiro atoms. The van der Waals surface area contributed by atoms with Crippen LogP contribution in [0.5, 0.6) is 0 Å². The molecule has 1 amide bonds. The number of amides is 1. The molecule has 7 nitrogen and oxygen atoms in total. The number of rotatable bonds is 3. The molecule has 0 aliphatic carbocycles. The Morgan fingerprint density at radius 1 is 1.43 bits per heavy atom. The third-order valence-corrected chi connectivity index (χ3v) is 4.74. The molecule has 2 unspecified atom stereocenters. The lowest BCUT2D eigenvalue weighted by molar-refractivity contribution is 0.0642. The molecule has 3 rings (SSSR count). The smallest absolute Gasteiger partial charge is 0.276 e. The number of hydrogen-bond acceptors (Lipinski definition) is 5. The maximum Gasteiger partial charge on any atom is 0.276 e. The van der Waals surface area contributed by atoms with E-state index in [0.29, 0.717) is 24.2 Å². The Bertz CT molecular complexity index is 497. The fraction of sp³-hybridized carbons (Fsp3) is 0.786. The summed E-state index contributed by atoms with van der Waals surface area (Å²) in [6.45, 7) is 4.72. The molecule has 2 saturated heterocycles. The number of carbonyl (C=O) groups excluding carboxylic acids is 1. The molecule has 3 heterocycles. The van der Waals surface area contributed by atoms with E-state index in [0.717, 1.165) is 32.4 Å². The molecular formula is C14H23N5O2. The van der Waals surface area contributed by atoms with E-state index >= 15 is 0 Å². The highest BCUT2D eigenvalue weighted by molar-refractivity contribution is 5.92. The fourth-order valence-corrected chi connectivity index (χ4v) is 3.31. The first-order valence-corrected chi connectivity index (χ1v) is 7.75. The maximum absolute atomic E-state index is 12.5. The highest BCUT2D eigenvalue weighted by atomic mass is 16.3.